The summed E-state index contributed by atoms with van der Waals surface area (Å²) in [5.74, 6) is 0. The zero-order valence-corrected chi connectivity index (χ0v) is 5.32. The largest absolute Gasteiger partial charge is 0.240 e. The third-order valence-electron chi connectivity index (χ3n) is 0.333. The average molecular weight is 104 g/mol. The van der Waals surface area contributed by atoms with Gasteiger partial charge in [0.25, 0.3) is 0 Å². The molecular weight excluding hydrogens is 92.1 g/mol. The summed E-state index contributed by atoms with van der Waals surface area (Å²) in [6.45, 7) is 5.78. The van der Waals surface area contributed by atoms with Gasteiger partial charge in [-0.15, -0.1) is 0 Å². The molecule has 0 aliphatic rings. The Morgan fingerprint density at radius 1 is 1.14 bits per heavy atom. The third-order valence-corrected chi connectivity index (χ3v) is 0.333. The van der Waals surface area contributed by atoms with Crippen molar-refractivity contribution < 1.29 is 9.78 Å². The van der Waals surface area contributed by atoms with Crippen molar-refractivity contribution in [1.29, 1.82) is 0 Å². The molecule has 0 aromatic carbocycles. The minimum Gasteiger partial charge on any atom is -0.240 e. The van der Waals surface area contributed by atoms with Crippen LogP contribution in [0.5, 0.6) is 0 Å². The maximum atomic E-state index is 4.73. The predicted molar refractivity (Wildman–Crippen MR) is 27.8 cm³/mol. The lowest BCUT2D eigenvalue weighted by molar-refractivity contribution is -0.330. The van der Waals surface area contributed by atoms with Gasteiger partial charge in [0.15, 0.2) is 0 Å². The van der Waals surface area contributed by atoms with Crippen LogP contribution in [0.2, 0.25) is 0 Å². The van der Waals surface area contributed by atoms with E-state index >= 15 is 0 Å². The molecule has 0 spiro atoms. The van der Waals surface area contributed by atoms with Crippen LogP contribution in [-0.4, -0.2) is 12.7 Å². The van der Waals surface area contributed by atoms with Gasteiger partial charge in [0.1, 0.15) is 0 Å². The molecule has 2 nitrogen and oxygen atoms in total. The second kappa shape index (κ2) is 2.28. The standard InChI is InChI=1S/C5H12O2/c1-5(2,3)7-6-4/h1-4H3. The van der Waals surface area contributed by atoms with Crippen molar-refractivity contribution >= 4 is 0 Å². The van der Waals surface area contributed by atoms with Crippen LogP contribution < -0.4 is 0 Å². The quantitative estimate of drug-likeness (QED) is 0.369. The Bertz CT molecular complexity index is 44.5. The first-order valence-electron chi connectivity index (χ1n) is 2.28. The zero-order chi connectivity index (χ0) is 5.91. The Hall–Kier alpha value is -0.0800. The summed E-state index contributed by atoms with van der Waals surface area (Å²) in [5, 5.41) is 0. The molecule has 0 N–H and O–H groups in total. The van der Waals surface area contributed by atoms with Gasteiger partial charge in [-0.3, -0.25) is 0 Å². The molecule has 0 bridgehead atoms. The molecular formula is C5H12O2. The first kappa shape index (κ1) is 6.92. The smallest absolute Gasteiger partial charge is 0.0952 e. The van der Waals surface area contributed by atoms with Crippen molar-refractivity contribution in [3.63, 3.8) is 0 Å². The summed E-state index contributed by atoms with van der Waals surface area (Å²) in [6.07, 6.45) is 0. The molecule has 7 heavy (non-hydrogen) atoms. The molecule has 0 heterocycles. The van der Waals surface area contributed by atoms with Crippen molar-refractivity contribution in [2.75, 3.05) is 7.11 Å². The van der Waals surface area contributed by atoms with Crippen LogP contribution in [-0.2, 0) is 9.78 Å². The van der Waals surface area contributed by atoms with Crippen molar-refractivity contribution in [3.8, 4) is 0 Å². The van der Waals surface area contributed by atoms with E-state index in [0.717, 1.165) is 0 Å². The molecule has 0 aliphatic carbocycles. The van der Waals surface area contributed by atoms with Crippen LogP contribution in [0.3, 0.4) is 0 Å². The lowest BCUT2D eigenvalue weighted by Crippen LogP contribution is -2.17. The van der Waals surface area contributed by atoms with Crippen molar-refractivity contribution in [1.82, 2.24) is 0 Å². The maximum absolute atomic E-state index is 4.73. The summed E-state index contributed by atoms with van der Waals surface area (Å²) in [7, 11) is 1.51. The van der Waals surface area contributed by atoms with Gasteiger partial charge in [0, 0.05) is 0 Å². The molecule has 2 heteroatoms. The molecule has 0 rings (SSSR count). The summed E-state index contributed by atoms with van der Waals surface area (Å²) < 4.78 is 0. The highest BCUT2D eigenvalue weighted by atomic mass is 17.2. The highest BCUT2D eigenvalue weighted by molar-refractivity contribution is 4.53. The summed E-state index contributed by atoms with van der Waals surface area (Å²) in [5.41, 5.74) is -0.172. The van der Waals surface area contributed by atoms with E-state index in [2.05, 4.69) is 4.89 Å². The Kier molecular flexibility index (Phi) is 2.26. The normalized spacial score (nSPS) is 12.0. The van der Waals surface area contributed by atoms with E-state index in [1.807, 2.05) is 20.8 Å². The fraction of sp³-hybridized carbons (Fsp3) is 1.00. The van der Waals surface area contributed by atoms with Gasteiger partial charge in [-0.05, 0) is 20.8 Å². The monoisotopic (exact) mass is 104 g/mol. The Morgan fingerprint density at radius 2 is 1.57 bits per heavy atom. The van der Waals surface area contributed by atoms with Crippen LogP contribution in [0.4, 0.5) is 0 Å². The summed E-state index contributed by atoms with van der Waals surface area (Å²) in [6, 6.07) is 0. The number of hydrogen-bond acceptors (Lipinski definition) is 2. The van der Waals surface area contributed by atoms with E-state index in [9.17, 15) is 0 Å². The van der Waals surface area contributed by atoms with Crippen LogP contribution in [0.15, 0.2) is 0 Å². The molecule has 0 saturated heterocycles. The lowest BCUT2D eigenvalue weighted by atomic mass is 10.2. The Balaban J connectivity index is 3.15. The molecule has 44 valence electrons. The first-order chi connectivity index (χ1) is 3.06. The SMILES string of the molecule is COOC(C)(C)C. The van der Waals surface area contributed by atoms with E-state index in [1.54, 1.807) is 0 Å². The van der Waals surface area contributed by atoms with Gasteiger partial charge < -0.3 is 0 Å². The van der Waals surface area contributed by atoms with Crippen molar-refractivity contribution in [2.45, 2.75) is 26.4 Å². The van der Waals surface area contributed by atoms with Crippen LogP contribution >= 0.6 is 0 Å². The number of rotatable bonds is 1. The molecule has 0 unspecified atom stereocenters. The highest BCUT2D eigenvalue weighted by Crippen LogP contribution is 2.04. The minimum atomic E-state index is -0.172. The molecule has 0 atom stereocenters. The Labute approximate surface area is 44.4 Å². The average Bonchev–Trinajstić information content (AvgIpc) is 1.30. The van der Waals surface area contributed by atoms with Crippen LogP contribution in [0.25, 0.3) is 0 Å². The van der Waals surface area contributed by atoms with E-state index in [0.29, 0.717) is 0 Å². The lowest BCUT2D eigenvalue weighted by Gasteiger charge is -2.14. The first-order valence-corrected chi connectivity index (χ1v) is 2.28. The van der Waals surface area contributed by atoms with Crippen molar-refractivity contribution in [3.05, 3.63) is 0 Å². The highest BCUT2D eigenvalue weighted by Gasteiger charge is 2.08. The topological polar surface area (TPSA) is 18.5 Å². The molecule has 0 aromatic heterocycles. The Morgan fingerprint density at radius 3 is 1.57 bits per heavy atom. The van der Waals surface area contributed by atoms with Gasteiger partial charge in [-0.25, -0.2) is 9.78 Å². The summed E-state index contributed by atoms with van der Waals surface area (Å²) >= 11 is 0. The second-order valence-corrected chi connectivity index (χ2v) is 2.36. The summed E-state index contributed by atoms with van der Waals surface area (Å²) in [4.78, 5) is 9.14. The molecule has 0 aromatic rings. The molecule has 0 saturated carbocycles. The zero-order valence-electron chi connectivity index (χ0n) is 5.32. The van der Waals surface area contributed by atoms with Gasteiger partial charge in [-0.1, -0.05) is 0 Å². The molecule has 0 fully saturated rings. The second-order valence-electron chi connectivity index (χ2n) is 2.36. The molecule has 0 amide bonds. The third kappa shape index (κ3) is 5.92. The molecule has 0 aliphatic heterocycles. The van der Waals surface area contributed by atoms with E-state index < -0.39 is 0 Å². The van der Waals surface area contributed by atoms with Gasteiger partial charge in [-0.2, -0.15) is 0 Å². The fourth-order valence-corrected chi connectivity index (χ4v) is 0.250. The number of hydrogen-bond donors (Lipinski definition) is 0. The predicted octanol–water partition coefficient (Wildman–Crippen LogP) is 1.36. The van der Waals surface area contributed by atoms with Crippen molar-refractivity contribution in [2.24, 2.45) is 0 Å². The van der Waals surface area contributed by atoms with Gasteiger partial charge in [0.05, 0.1) is 12.7 Å². The molecule has 0 radical (unpaired) electrons. The fourth-order valence-electron chi connectivity index (χ4n) is 0.250. The van der Waals surface area contributed by atoms with E-state index in [4.69, 9.17) is 4.89 Å². The van der Waals surface area contributed by atoms with E-state index in [1.165, 1.54) is 7.11 Å². The van der Waals surface area contributed by atoms with Crippen LogP contribution in [0, 0.1) is 0 Å². The van der Waals surface area contributed by atoms with Gasteiger partial charge >= 0.3 is 0 Å². The minimum absolute atomic E-state index is 0.172. The van der Waals surface area contributed by atoms with Gasteiger partial charge in [0.2, 0.25) is 0 Å². The van der Waals surface area contributed by atoms with Crippen LogP contribution in [0.1, 0.15) is 20.8 Å². The maximum Gasteiger partial charge on any atom is 0.0952 e. The van der Waals surface area contributed by atoms with E-state index in [-0.39, 0.29) is 5.60 Å².